The summed E-state index contributed by atoms with van der Waals surface area (Å²) < 4.78 is 0. The predicted octanol–water partition coefficient (Wildman–Crippen LogP) is 3.40. The molecule has 6 nitrogen and oxygen atoms in total. The van der Waals surface area contributed by atoms with Crippen LogP contribution < -0.4 is 10.6 Å². The molecule has 1 heterocycles. The first-order valence-corrected chi connectivity index (χ1v) is 10.6. The molecule has 4 amide bonds. The molecule has 1 unspecified atom stereocenters. The molecule has 162 valence electrons. The smallest absolute Gasteiger partial charge is 0.326 e. The Hall–Kier alpha value is -3.93. The highest BCUT2D eigenvalue weighted by Crippen LogP contribution is 2.35. The van der Waals surface area contributed by atoms with E-state index in [4.69, 9.17) is 0 Å². The van der Waals surface area contributed by atoms with Crippen LogP contribution in [0, 0.1) is 0 Å². The Kier molecular flexibility index (Phi) is 6.03. The van der Waals surface area contributed by atoms with E-state index in [1.54, 1.807) is 24.3 Å². The summed E-state index contributed by atoms with van der Waals surface area (Å²) in [6, 6.07) is 27.4. The molecular weight excluding hydrogens is 402 g/mol. The van der Waals surface area contributed by atoms with E-state index >= 15 is 0 Å². The number of imide groups is 1. The third kappa shape index (κ3) is 3.99. The lowest BCUT2D eigenvalue weighted by Gasteiger charge is -2.28. The van der Waals surface area contributed by atoms with Crippen LogP contribution in [0.1, 0.15) is 29.5 Å². The van der Waals surface area contributed by atoms with Crippen LogP contribution in [0.3, 0.4) is 0 Å². The molecule has 1 aliphatic rings. The normalized spacial score (nSPS) is 15.8. The highest BCUT2D eigenvalue weighted by Gasteiger charge is 2.54. The van der Waals surface area contributed by atoms with Crippen molar-refractivity contribution in [3.63, 3.8) is 0 Å². The van der Waals surface area contributed by atoms with Gasteiger partial charge >= 0.3 is 6.03 Å². The number of nitrogens with one attached hydrogen (secondary N) is 2. The zero-order valence-electron chi connectivity index (χ0n) is 17.8. The minimum Gasteiger partial charge on any atom is -0.354 e. The number of urea groups is 1. The predicted molar refractivity (Wildman–Crippen MR) is 122 cm³/mol. The fourth-order valence-electron chi connectivity index (χ4n) is 4.02. The van der Waals surface area contributed by atoms with E-state index in [0.717, 1.165) is 10.5 Å². The van der Waals surface area contributed by atoms with Gasteiger partial charge in [-0.05, 0) is 22.6 Å². The average molecular weight is 428 g/mol. The Morgan fingerprint density at radius 1 is 0.875 bits per heavy atom. The van der Waals surface area contributed by atoms with Gasteiger partial charge in [0.2, 0.25) is 5.91 Å². The summed E-state index contributed by atoms with van der Waals surface area (Å²) in [5, 5.41) is 5.70. The molecule has 0 saturated carbocycles. The van der Waals surface area contributed by atoms with Crippen molar-refractivity contribution < 1.29 is 14.4 Å². The summed E-state index contributed by atoms with van der Waals surface area (Å²) in [6.07, 6.45) is 0. The highest BCUT2D eigenvalue weighted by molar-refractivity contribution is 6.11. The largest absolute Gasteiger partial charge is 0.354 e. The first kappa shape index (κ1) is 21.3. The Labute approximate surface area is 187 Å². The molecule has 3 aromatic rings. The zero-order chi connectivity index (χ0) is 22.6. The number of amides is 4. The van der Waals surface area contributed by atoms with Crippen LogP contribution in [-0.4, -0.2) is 35.8 Å². The minimum atomic E-state index is -1.36. The van der Waals surface area contributed by atoms with E-state index in [1.807, 2.05) is 73.7 Å². The van der Waals surface area contributed by atoms with Crippen molar-refractivity contribution in [3.05, 3.63) is 108 Å². The maximum Gasteiger partial charge on any atom is 0.326 e. The van der Waals surface area contributed by atoms with Gasteiger partial charge in [-0.1, -0.05) is 97.9 Å². The highest BCUT2D eigenvalue weighted by atomic mass is 16.2. The summed E-state index contributed by atoms with van der Waals surface area (Å²) in [5.74, 6) is -0.740. The van der Waals surface area contributed by atoms with Crippen molar-refractivity contribution in [2.75, 3.05) is 13.1 Å². The summed E-state index contributed by atoms with van der Waals surface area (Å²) in [5.41, 5.74) is 1.03. The lowest BCUT2D eigenvalue weighted by atomic mass is 9.82. The molecule has 0 aromatic heterocycles. The van der Waals surface area contributed by atoms with Gasteiger partial charge in [-0.25, -0.2) is 4.79 Å². The molecule has 1 saturated heterocycles. The van der Waals surface area contributed by atoms with Crippen molar-refractivity contribution in [2.24, 2.45) is 0 Å². The van der Waals surface area contributed by atoms with Crippen LogP contribution >= 0.6 is 0 Å². The van der Waals surface area contributed by atoms with E-state index in [2.05, 4.69) is 10.6 Å². The van der Waals surface area contributed by atoms with E-state index in [9.17, 15) is 14.4 Å². The van der Waals surface area contributed by atoms with Crippen LogP contribution in [0.2, 0.25) is 0 Å². The van der Waals surface area contributed by atoms with Crippen molar-refractivity contribution in [1.29, 1.82) is 0 Å². The first-order valence-electron chi connectivity index (χ1n) is 10.6. The molecule has 0 bridgehead atoms. The van der Waals surface area contributed by atoms with Gasteiger partial charge in [-0.2, -0.15) is 0 Å². The number of rotatable bonds is 7. The van der Waals surface area contributed by atoms with Crippen LogP contribution in [0.15, 0.2) is 91.0 Å². The van der Waals surface area contributed by atoms with Gasteiger partial charge in [0.15, 0.2) is 5.54 Å². The number of carbonyl (C=O) groups excluding carboxylic acids is 3. The molecule has 1 aliphatic heterocycles. The quantitative estimate of drug-likeness (QED) is 0.568. The number of hydrogen-bond donors (Lipinski definition) is 2. The summed E-state index contributed by atoms with van der Waals surface area (Å²) in [4.78, 5) is 40.1. The monoisotopic (exact) mass is 427 g/mol. The molecule has 1 atom stereocenters. The molecule has 1 fully saturated rings. The van der Waals surface area contributed by atoms with Crippen molar-refractivity contribution >= 4 is 17.8 Å². The van der Waals surface area contributed by atoms with Crippen LogP contribution in [0.4, 0.5) is 4.79 Å². The fraction of sp³-hybridized carbons (Fsp3) is 0.192. The summed E-state index contributed by atoms with van der Waals surface area (Å²) >= 11 is 0. The second-order valence-corrected chi connectivity index (χ2v) is 7.92. The number of carbonyl (C=O) groups is 3. The van der Waals surface area contributed by atoms with Crippen molar-refractivity contribution in [2.45, 2.75) is 18.4 Å². The van der Waals surface area contributed by atoms with Gasteiger partial charge in [-0.3, -0.25) is 14.5 Å². The maximum absolute atomic E-state index is 13.6. The molecule has 0 spiro atoms. The molecule has 2 N–H and O–H groups in total. The molecule has 6 heteroatoms. The summed E-state index contributed by atoms with van der Waals surface area (Å²) in [6.45, 7) is 2.09. The number of nitrogens with zero attached hydrogens (tertiary/aromatic N) is 1. The second kappa shape index (κ2) is 9.06. The third-order valence-electron chi connectivity index (χ3n) is 5.79. The topological polar surface area (TPSA) is 78.5 Å². The van der Waals surface area contributed by atoms with Crippen LogP contribution in [0.25, 0.3) is 0 Å². The molecule has 0 radical (unpaired) electrons. The molecular formula is C26H25N3O3. The number of benzene rings is 3. The minimum absolute atomic E-state index is 0.107. The Balaban J connectivity index is 1.53. The van der Waals surface area contributed by atoms with Gasteiger partial charge < -0.3 is 10.6 Å². The van der Waals surface area contributed by atoms with Gasteiger partial charge in [0.25, 0.3) is 5.91 Å². The lowest BCUT2D eigenvalue weighted by Crippen LogP contribution is -2.46. The zero-order valence-corrected chi connectivity index (χ0v) is 17.8. The van der Waals surface area contributed by atoms with Crippen LogP contribution in [-0.2, 0) is 15.1 Å². The Morgan fingerprint density at radius 2 is 1.38 bits per heavy atom. The SMILES string of the molecule is CC(CNC(=O)CN1C(=O)NC(c2ccccc2)(c2ccccc2)C1=O)c1ccccc1. The number of hydrogen-bond acceptors (Lipinski definition) is 3. The van der Waals surface area contributed by atoms with Gasteiger partial charge in [-0.15, -0.1) is 0 Å². The Bertz CT molecular complexity index is 1060. The molecule has 4 rings (SSSR count). The van der Waals surface area contributed by atoms with Gasteiger partial charge in [0, 0.05) is 6.54 Å². The van der Waals surface area contributed by atoms with Gasteiger partial charge in [0.1, 0.15) is 6.54 Å². The molecule has 3 aromatic carbocycles. The maximum atomic E-state index is 13.6. The first-order chi connectivity index (χ1) is 15.5. The fourth-order valence-corrected chi connectivity index (χ4v) is 4.02. The van der Waals surface area contributed by atoms with E-state index in [-0.39, 0.29) is 18.4 Å². The van der Waals surface area contributed by atoms with Gasteiger partial charge in [0.05, 0.1) is 0 Å². The average Bonchev–Trinajstić information content (AvgIpc) is 3.10. The molecule has 0 aliphatic carbocycles. The third-order valence-corrected chi connectivity index (χ3v) is 5.79. The second-order valence-electron chi connectivity index (χ2n) is 7.92. The summed E-state index contributed by atoms with van der Waals surface area (Å²) in [7, 11) is 0. The Morgan fingerprint density at radius 3 is 1.91 bits per heavy atom. The van der Waals surface area contributed by atoms with E-state index in [0.29, 0.717) is 17.7 Å². The van der Waals surface area contributed by atoms with Crippen molar-refractivity contribution in [3.8, 4) is 0 Å². The van der Waals surface area contributed by atoms with Crippen LogP contribution in [0.5, 0.6) is 0 Å². The van der Waals surface area contributed by atoms with E-state index in [1.165, 1.54) is 0 Å². The lowest BCUT2D eigenvalue weighted by molar-refractivity contribution is -0.134. The molecule has 32 heavy (non-hydrogen) atoms. The van der Waals surface area contributed by atoms with E-state index < -0.39 is 17.5 Å². The standard InChI is InChI=1S/C26H25N3O3/c1-19(20-11-5-2-6-12-20)17-27-23(30)18-29-24(31)26(28-25(29)32,21-13-7-3-8-14-21)22-15-9-4-10-16-22/h2-16,19H,17-18H2,1H3,(H,27,30)(H,28,32). The van der Waals surface area contributed by atoms with Crippen molar-refractivity contribution in [1.82, 2.24) is 15.5 Å².